The van der Waals surface area contributed by atoms with E-state index in [1.165, 1.54) is 4.90 Å². The van der Waals surface area contributed by atoms with Crippen LogP contribution >= 0.6 is 11.6 Å². The molecule has 2 aliphatic heterocycles. The summed E-state index contributed by atoms with van der Waals surface area (Å²) in [6.45, 7) is 0.515. The van der Waals surface area contributed by atoms with Gasteiger partial charge in [0.25, 0.3) is 0 Å². The number of aromatic nitrogens is 3. The number of anilines is 1. The second kappa shape index (κ2) is 10.1. The van der Waals surface area contributed by atoms with E-state index in [1.807, 2.05) is 4.57 Å². The van der Waals surface area contributed by atoms with Gasteiger partial charge in [-0.3, -0.25) is 9.47 Å². The fourth-order valence-electron chi connectivity index (χ4n) is 6.19. The average Bonchev–Trinajstić information content (AvgIpc) is 3.21. The van der Waals surface area contributed by atoms with Crippen LogP contribution in [-0.4, -0.2) is 55.7 Å². The second-order valence-electron chi connectivity index (χ2n) is 11.1. The van der Waals surface area contributed by atoms with Gasteiger partial charge in [-0.2, -0.15) is 26.3 Å². The van der Waals surface area contributed by atoms with Crippen LogP contribution in [0, 0.1) is 11.6 Å². The molecule has 0 atom stereocenters. The maximum absolute atomic E-state index is 14.8. The molecule has 0 bridgehead atoms. The van der Waals surface area contributed by atoms with Crippen LogP contribution in [0.1, 0.15) is 54.4 Å². The number of benzene rings is 2. The molecule has 2 fully saturated rings. The Labute approximate surface area is 239 Å². The van der Waals surface area contributed by atoms with Crippen LogP contribution in [0.15, 0.2) is 30.3 Å². The van der Waals surface area contributed by atoms with Crippen LogP contribution in [-0.2, 0) is 19.3 Å². The molecule has 1 aromatic heterocycles. The Hall–Kier alpha value is -2.97. The summed E-state index contributed by atoms with van der Waals surface area (Å²) in [5.41, 5.74) is -3.61. The molecular formula is C27H24ClF8N5O. The molecule has 0 unspecified atom stereocenters. The van der Waals surface area contributed by atoms with Crippen LogP contribution < -0.4 is 4.90 Å². The minimum absolute atomic E-state index is 0.0553. The number of piperidine rings is 1. The van der Waals surface area contributed by atoms with Gasteiger partial charge in [0, 0.05) is 49.5 Å². The molecule has 0 amide bonds. The number of fused-ring (bicyclic) bond motifs is 3. The number of nitrogens with zero attached hydrogens (tertiary/aromatic N) is 5. The molecule has 2 aromatic carbocycles. The zero-order valence-electron chi connectivity index (χ0n) is 21.8. The molecule has 3 heterocycles. The number of aliphatic hydroxyl groups is 1. The zero-order valence-corrected chi connectivity index (χ0v) is 22.5. The van der Waals surface area contributed by atoms with E-state index in [1.54, 1.807) is 23.1 Å². The van der Waals surface area contributed by atoms with Gasteiger partial charge in [-0.05, 0) is 48.7 Å². The smallest absolute Gasteiger partial charge is 0.380 e. The number of alkyl halides is 6. The molecule has 1 N–H and O–H groups in total. The first-order valence-electron chi connectivity index (χ1n) is 13.2. The van der Waals surface area contributed by atoms with Crippen molar-refractivity contribution in [1.29, 1.82) is 0 Å². The molecule has 226 valence electrons. The predicted octanol–water partition coefficient (Wildman–Crippen LogP) is 6.37. The van der Waals surface area contributed by atoms with Gasteiger partial charge in [-0.1, -0.05) is 11.6 Å². The van der Waals surface area contributed by atoms with Crippen molar-refractivity contribution in [3.8, 4) is 5.69 Å². The van der Waals surface area contributed by atoms with Gasteiger partial charge in [-0.25, -0.2) is 8.78 Å². The van der Waals surface area contributed by atoms with E-state index < -0.39 is 59.7 Å². The summed E-state index contributed by atoms with van der Waals surface area (Å²) in [7, 11) is 0. The third-order valence-corrected chi connectivity index (χ3v) is 8.73. The third-order valence-electron chi connectivity index (χ3n) is 8.49. The van der Waals surface area contributed by atoms with Crippen molar-refractivity contribution in [2.75, 3.05) is 18.0 Å². The molecule has 1 aliphatic carbocycles. The monoisotopic (exact) mass is 621 g/mol. The number of rotatable bonds is 3. The molecule has 1 saturated carbocycles. The Morgan fingerprint density at radius 2 is 1.62 bits per heavy atom. The Kier molecular flexibility index (Phi) is 6.97. The van der Waals surface area contributed by atoms with Crippen molar-refractivity contribution in [3.63, 3.8) is 0 Å². The Morgan fingerprint density at radius 1 is 0.929 bits per heavy atom. The van der Waals surface area contributed by atoms with Gasteiger partial charge in [0.2, 0.25) is 0 Å². The highest BCUT2D eigenvalue weighted by atomic mass is 35.5. The molecule has 6 nitrogen and oxygen atoms in total. The lowest BCUT2D eigenvalue weighted by Gasteiger charge is -2.48. The second-order valence-corrected chi connectivity index (χ2v) is 11.5. The van der Waals surface area contributed by atoms with E-state index >= 15 is 0 Å². The van der Waals surface area contributed by atoms with Gasteiger partial charge >= 0.3 is 12.4 Å². The topological polar surface area (TPSA) is 57.4 Å². The molecular weight excluding hydrogens is 598 g/mol. The molecule has 0 spiro atoms. The van der Waals surface area contributed by atoms with E-state index in [0.717, 1.165) is 5.56 Å². The summed E-state index contributed by atoms with van der Waals surface area (Å²) in [5, 5.41) is 19.1. The first kappa shape index (κ1) is 29.1. The fraction of sp³-hybridized carbons (Fsp3) is 0.481. The third kappa shape index (κ3) is 4.90. The molecule has 6 rings (SSSR count). The highest BCUT2D eigenvalue weighted by molar-refractivity contribution is 6.30. The van der Waals surface area contributed by atoms with Crippen molar-refractivity contribution in [2.24, 2.45) is 0 Å². The first-order valence-corrected chi connectivity index (χ1v) is 13.6. The quantitative estimate of drug-likeness (QED) is 0.345. The minimum atomic E-state index is -4.97. The Bertz CT molecular complexity index is 1510. The van der Waals surface area contributed by atoms with E-state index in [4.69, 9.17) is 11.6 Å². The Balaban J connectivity index is 1.27. The number of hydrogen-bond acceptors (Lipinski definition) is 5. The van der Waals surface area contributed by atoms with E-state index in [-0.39, 0.29) is 32.1 Å². The summed E-state index contributed by atoms with van der Waals surface area (Å²) >= 11 is 6.25. The summed E-state index contributed by atoms with van der Waals surface area (Å²) in [4.78, 5) is 3.05. The summed E-state index contributed by atoms with van der Waals surface area (Å²) in [6.07, 6.45) is -10.1. The molecule has 1 saturated heterocycles. The van der Waals surface area contributed by atoms with Gasteiger partial charge in [0.15, 0.2) is 17.2 Å². The molecule has 3 aliphatic rings. The molecule has 42 heavy (non-hydrogen) atoms. The van der Waals surface area contributed by atoms with Crippen molar-refractivity contribution in [2.45, 2.75) is 68.7 Å². The average molecular weight is 622 g/mol. The maximum atomic E-state index is 14.8. The lowest BCUT2D eigenvalue weighted by Crippen LogP contribution is -2.61. The zero-order chi connectivity index (χ0) is 30.2. The number of hydrogen-bond donors (Lipinski definition) is 1. The lowest BCUT2D eigenvalue weighted by atomic mass is 9.74. The van der Waals surface area contributed by atoms with Crippen LogP contribution in [0.3, 0.4) is 0 Å². The maximum Gasteiger partial charge on any atom is 0.419 e. The summed E-state index contributed by atoms with van der Waals surface area (Å²) in [5.74, 6) is -2.02. The first-order chi connectivity index (χ1) is 19.7. The summed E-state index contributed by atoms with van der Waals surface area (Å²) in [6, 6.07) is 5.56. The van der Waals surface area contributed by atoms with E-state index in [0.29, 0.717) is 47.3 Å². The lowest BCUT2D eigenvalue weighted by molar-refractivity contribution is -0.300. The van der Waals surface area contributed by atoms with Gasteiger partial charge in [0.05, 0.1) is 17.8 Å². The van der Waals surface area contributed by atoms with Crippen LogP contribution in [0.5, 0.6) is 0 Å². The summed E-state index contributed by atoms with van der Waals surface area (Å²) < 4.78 is 111. The van der Waals surface area contributed by atoms with Crippen LogP contribution in [0.25, 0.3) is 5.69 Å². The fourth-order valence-corrected chi connectivity index (χ4v) is 6.39. The van der Waals surface area contributed by atoms with Crippen molar-refractivity contribution < 1.29 is 40.2 Å². The van der Waals surface area contributed by atoms with Crippen molar-refractivity contribution >= 4 is 17.3 Å². The molecule has 15 heteroatoms. The van der Waals surface area contributed by atoms with Crippen LogP contribution in [0.4, 0.5) is 40.8 Å². The van der Waals surface area contributed by atoms with Crippen molar-refractivity contribution in [1.82, 2.24) is 19.7 Å². The Morgan fingerprint density at radius 3 is 2.26 bits per heavy atom. The standard InChI is InChI=1S/C27H24ClF8N5O/c28-16-1-4-20-15(9-16)12-40(17-10-25(42,11-17)27(34,35)36)13-21-37-38-24(41(20)21)14-5-7-39(8-6-14)23-19(29)3-2-18(22(23)30)26(31,32)33/h1-4,9,14,17,42H,5-8,10-13H2. The number of halogens is 9. The normalized spacial score (nSPS) is 23.8. The highest BCUT2D eigenvalue weighted by Gasteiger charge is 2.62. The van der Waals surface area contributed by atoms with Gasteiger partial charge in [-0.15, -0.1) is 10.2 Å². The highest BCUT2D eigenvalue weighted by Crippen LogP contribution is 2.48. The molecule has 3 aromatic rings. The van der Waals surface area contributed by atoms with Crippen LogP contribution in [0.2, 0.25) is 5.02 Å². The minimum Gasteiger partial charge on any atom is -0.380 e. The predicted molar refractivity (Wildman–Crippen MR) is 135 cm³/mol. The van der Waals surface area contributed by atoms with E-state index in [2.05, 4.69) is 10.2 Å². The molecule has 0 radical (unpaired) electrons. The van der Waals surface area contributed by atoms with E-state index in [9.17, 15) is 40.2 Å². The SMILES string of the molecule is OC1(C(F)(F)F)CC(N2Cc3cc(Cl)ccc3-n3c(nnc3C3CCN(c4c(F)ccc(C(F)(F)F)c4F)CC3)C2)C1. The van der Waals surface area contributed by atoms with Gasteiger partial charge < -0.3 is 10.0 Å². The van der Waals surface area contributed by atoms with Crippen molar-refractivity contribution in [3.05, 3.63) is 69.8 Å². The van der Waals surface area contributed by atoms with Gasteiger partial charge in [0.1, 0.15) is 17.3 Å². The largest absolute Gasteiger partial charge is 0.419 e.